The molecule has 2 N–H and O–H groups in total. The molecule has 2 atom stereocenters. The second-order valence-electron chi connectivity index (χ2n) is 10.4. The number of carbonyl (C=O) groups is 1. The normalized spacial score (nSPS) is 18.0. The van der Waals surface area contributed by atoms with Crippen molar-refractivity contribution < 1.29 is 44.6 Å². The Morgan fingerprint density at radius 3 is 2.39 bits per heavy atom. The zero-order valence-electron chi connectivity index (χ0n) is 23.7. The van der Waals surface area contributed by atoms with Crippen molar-refractivity contribution >= 4 is 61.0 Å². The van der Waals surface area contributed by atoms with Crippen molar-refractivity contribution in [3.8, 4) is 11.5 Å². The summed E-state index contributed by atoms with van der Waals surface area (Å²) in [5.74, 6) is -0.626. The topological polar surface area (TPSA) is 155 Å². The molecule has 0 bridgehead atoms. The van der Waals surface area contributed by atoms with E-state index in [-0.39, 0.29) is 57.7 Å². The number of thioether (sulfide) groups is 1. The first kappa shape index (κ1) is 34.6. The molecule has 46 heavy (non-hydrogen) atoms. The summed E-state index contributed by atoms with van der Waals surface area (Å²) >= 11 is 13.7. The van der Waals surface area contributed by atoms with Crippen molar-refractivity contribution in [1.29, 1.82) is 0 Å². The molecule has 0 amide bonds. The third-order valence-electron chi connectivity index (χ3n) is 7.12. The van der Waals surface area contributed by atoms with Crippen molar-refractivity contribution in [1.82, 2.24) is 9.29 Å². The Balaban J connectivity index is 1.47. The molecule has 1 aliphatic heterocycles. The summed E-state index contributed by atoms with van der Waals surface area (Å²) in [6, 6.07) is 8.58. The SMILES string of the molecule is NS(=O)(=O)c1cccc(S(=O)(=O)N2CCS[C@H]2C(=O)OC(Cc2c(Cl)cncc2Cl)c2ccc(OC(F)F)c(OCC3CC3)c2)c1. The third-order valence-corrected chi connectivity index (χ3v) is 11.9. The predicted molar refractivity (Wildman–Crippen MR) is 166 cm³/mol. The Morgan fingerprint density at radius 2 is 1.74 bits per heavy atom. The minimum atomic E-state index is -4.39. The van der Waals surface area contributed by atoms with Crippen molar-refractivity contribution in [2.75, 3.05) is 18.9 Å². The Kier molecular flexibility index (Phi) is 10.7. The summed E-state index contributed by atoms with van der Waals surface area (Å²) in [6.45, 7) is -2.92. The summed E-state index contributed by atoms with van der Waals surface area (Å²) in [6.07, 6.45) is 3.34. The lowest BCUT2D eigenvalue weighted by Crippen LogP contribution is -2.40. The van der Waals surface area contributed by atoms with Crippen LogP contribution < -0.4 is 14.6 Å². The summed E-state index contributed by atoms with van der Waals surface area (Å²) < 4.78 is 94.5. The van der Waals surface area contributed by atoms with Crippen molar-refractivity contribution in [3.63, 3.8) is 0 Å². The van der Waals surface area contributed by atoms with E-state index in [0.717, 1.165) is 41.0 Å². The second kappa shape index (κ2) is 14.2. The number of hydrogen-bond acceptors (Lipinski definition) is 10. The first-order valence-corrected chi connectivity index (χ1v) is 18.5. The summed E-state index contributed by atoms with van der Waals surface area (Å²) in [4.78, 5) is 16.9. The minimum Gasteiger partial charge on any atom is -0.489 e. The molecule has 2 heterocycles. The van der Waals surface area contributed by atoms with Crippen LogP contribution >= 0.6 is 35.0 Å². The summed E-state index contributed by atoms with van der Waals surface area (Å²) in [5.41, 5.74) is 0.677. The number of rotatable bonds is 13. The van der Waals surface area contributed by atoms with Gasteiger partial charge in [-0.3, -0.25) is 4.98 Å². The molecule has 11 nitrogen and oxygen atoms in total. The number of hydrogen-bond donors (Lipinski definition) is 1. The van der Waals surface area contributed by atoms with Gasteiger partial charge in [-0.25, -0.2) is 26.8 Å². The predicted octanol–water partition coefficient (Wildman–Crippen LogP) is 5.02. The van der Waals surface area contributed by atoms with Crippen molar-refractivity contribution in [2.24, 2.45) is 11.1 Å². The number of halogens is 4. The van der Waals surface area contributed by atoms with Gasteiger partial charge in [0.05, 0.1) is 26.4 Å². The molecule has 2 aliphatic rings. The van der Waals surface area contributed by atoms with Gasteiger partial charge in [0.2, 0.25) is 20.0 Å². The highest BCUT2D eigenvalue weighted by Gasteiger charge is 2.42. The summed E-state index contributed by atoms with van der Waals surface area (Å²) in [5, 5.41) is 4.18. The van der Waals surface area contributed by atoms with Gasteiger partial charge < -0.3 is 14.2 Å². The second-order valence-corrected chi connectivity index (χ2v) is 15.9. The first-order chi connectivity index (χ1) is 21.7. The van der Waals surface area contributed by atoms with Gasteiger partial charge in [0.1, 0.15) is 6.10 Å². The van der Waals surface area contributed by atoms with Crippen molar-refractivity contribution in [3.05, 3.63) is 76.0 Å². The molecule has 1 aromatic heterocycles. The van der Waals surface area contributed by atoms with E-state index in [1.54, 1.807) is 0 Å². The van der Waals surface area contributed by atoms with Crippen LogP contribution in [-0.4, -0.2) is 63.0 Å². The number of esters is 1. The molecule has 18 heteroatoms. The van der Waals surface area contributed by atoms with Crippen molar-refractivity contribution in [2.45, 2.75) is 47.1 Å². The van der Waals surface area contributed by atoms with Crippen LogP contribution in [0.3, 0.4) is 0 Å². The maximum atomic E-state index is 13.7. The fourth-order valence-corrected chi connectivity index (χ4v) is 8.85. The number of nitrogens with zero attached hydrogens (tertiary/aromatic N) is 2. The third kappa shape index (κ3) is 8.21. The standard InChI is InChI=1S/C28H27Cl2F2N3O8S3/c29-21-13-34-14-22(30)20(21)12-24(17-6-7-23(43-28(31)32)25(10-17)41-15-16-4-5-16)42-27(36)26-35(8-9-44-26)46(39,40)19-3-1-2-18(11-19)45(33,37)38/h1-3,6-7,10-11,13-14,16,24,26,28H,4-5,8-9,12,15H2,(H2,33,37,38)/t24?,26-/m0/s1. The lowest BCUT2D eigenvalue weighted by molar-refractivity contribution is -0.150. The Labute approximate surface area is 278 Å². The molecule has 0 spiro atoms. The molecule has 1 saturated carbocycles. The molecule has 2 aromatic carbocycles. The molecule has 3 aromatic rings. The monoisotopic (exact) mass is 737 g/mol. The molecule has 2 fully saturated rings. The molecule has 5 rings (SSSR count). The van der Waals surface area contributed by atoms with Crippen LogP contribution in [0.15, 0.2) is 64.6 Å². The van der Waals surface area contributed by atoms with Crippen LogP contribution in [0, 0.1) is 5.92 Å². The molecular formula is C28H27Cl2F2N3O8S3. The number of primary sulfonamides is 1. The van der Waals surface area contributed by atoms with Gasteiger partial charge in [0.15, 0.2) is 16.9 Å². The molecule has 1 saturated heterocycles. The Hall–Kier alpha value is -2.73. The largest absolute Gasteiger partial charge is 0.489 e. The number of carbonyl (C=O) groups excluding carboxylic acids is 1. The van der Waals surface area contributed by atoms with Gasteiger partial charge in [-0.1, -0.05) is 35.3 Å². The smallest absolute Gasteiger partial charge is 0.387 e. The van der Waals surface area contributed by atoms with E-state index in [1.165, 1.54) is 42.7 Å². The van der Waals surface area contributed by atoms with Crippen LogP contribution in [0.1, 0.15) is 30.1 Å². The van der Waals surface area contributed by atoms with E-state index < -0.39 is 49.0 Å². The lowest BCUT2D eigenvalue weighted by atomic mass is 10.0. The quantitative estimate of drug-likeness (QED) is 0.237. The highest BCUT2D eigenvalue weighted by atomic mass is 35.5. The number of nitrogens with two attached hydrogens (primary N) is 1. The van der Waals surface area contributed by atoms with Gasteiger partial charge in [-0.05, 0) is 60.2 Å². The van der Waals surface area contributed by atoms with Gasteiger partial charge in [-0.15, -0.1) is 11.8 Å². The number of ether oxygens (including phenoxy) is 3. The van der Waals surface area contributed by atoms with E-state index in [1.807, 2.05) is 0 Å². The van der Waals surface area contributed by atoms with Gasteiger partial charge in [-0.2, -0.15) is 13.1 Å². The molecule has 248 valence electrons. The van der Waals surface area contributed by atoms with Gasteiger partial charge in [0, 0.05) is 31.1 Å². The molecular weight excluding hydrogens is 711 g/mol. The molecule has 0 radical (unpaired) electrons. The number of pyridine rings is 1. The Morgan fingerprint density at radius 1 is 1.04 bits per heavy atom. The van der Waals surface area contributed by atoms with E-state index in [4.69, 9.17) is 37.8 Å². The highest BCUT2D eigenvalue weighted by Crippen LogP contribution is 2.39. The summed E-state index contributed by atoms with van der Waals surface area (Å²) in [7, 11) is -8.60. The average Bonchev–Trinajstić information content (AvgIpc) is 3.69. The van der Waals surface area contributed by atoms with Gasteiger partial charge in [0.25, 0.3) is 0 Å². The highest BCUT2D eigenvalue weighted by molar-refractivity contribution is 8.02. The number of alkyl halides is 2. The number of aromatic nitrogens is 1. The Bertz CT molecular complexity index is 1810. The van der Waals surface area contributed by atoms with Crippen LogP contribution in [-0.2, 0) is 36.0 Å². The number of benzene rings is 2. The van der Waals surface area contributed by atoms with Crippen LogP contribution in [0.2, 0.25) is 10.0 Å². The maximum absolute atomic E-state index is 13.7. The molecule has 1 aliphatic carbocycles. The van der Waals surface area contributed by atoms with E-state index >= 15 is 0 Å². The number of sulfonamides is 2. The lowest BCUT2D eigenvalue weighted by Gasteiger charge is -2.26. The van der Waals surface area contributed by atoms with E-state index in [9.17, 15) is 30.4 Å². The van der Waals surface area contributed by atoms with Crippen LogP contribution in [0.25, 0.3) is 0 Å². The average molecular weight is 739 g/mol. The minimum absolute atomic E-state index is 0.00635. The molecule has 1 unspecified atom stereocenters. The fraction of sp³-hybridized carbons (Fsp3) is 0.357. The van der Waals surface area contributed by atoms with E-state index in [0.29, 0.717) is 11.1 Å². The zero-order valence-corrected chi connectivity index (χ0v) is 27.7. The van der Waals surface area contributed by atoms with Crippen LogP contribution in [0.5, 0.6) is 11.5 Å². The van der Waals surface area contributed by atoms with Gasteiger partial charge >= 0.3 is 12.6 Å². The van der Waals surface area contributed by atoms with E-state index in [2.05, 4.69) is 9.72 Å². The zero-order chi connectivity index (χ0) is 33.2. The fourth-order valence-electron chi connectivity index (χ4n) is 4.60. The maximum Gasteiger partial charge on any atom is 0.387 e. The first-order valence-electron chi connectivity index (χ1n) is 13.7. The van der Waals surface area contributed by atoms with Crippen LogP contribution in [0.4, 0.5) is 8.78 Å².